The van der Waals surface area contributed by atoms with E-state index in [2.05, 4.69) is 0 Å². The van der Waals surface area contributed by atoms with E-state index in [-0.39, 0.29) is 0 Å². The number of carbonyl (C=O) groups excluding carboxylic acids is 1. The van der Waals surface area contributed by atoms with Gasteiger partial charge >= 0.3 is 5.63 Å². The lowest BCUT2D eigenvalue weighted by atomic mass is 10.1. The lowest BCUT2D eigenvalue weighted by Gasteiger charge is -1.97. The number of hydrogen-bond acceptors (Lipinski definition) is 3. The molecule has 4 heteroatoms. The first kappa shape index (κ1) is 8.50. The van der Waals surface area contributed by atoms with Crippen molar-refractivity contribution < 1.29 is 9.21 Å². The van der Waals surface area contributed by atoms with Gasteiger partial charge in [-0.25, -0.2) is 4.79 Å². The molecule has 2 aromatic rings. The molecule has 2 rings (SSSR count). The maximum atomic E-state index is 10.9. The van der Waals surface area contributed by atoms with Crippen molar-refractivity contribution in [3.8, 4) is 0 Å². The Morgan fingerprint density at radius 3 is 2.64 bits per heavy atom. The largest absolute Gasteiger partial charge is 0.423 e. The van der Waals surface area contributed by atoms with Crippen molar-refractivity contribution in [2.24, 2.45) is 5.73 Å². The summed E-state index contributed by atoms with van der Waals surface area (Å²) in [5, 5.41) is 0.759. The standard InChI is InChI=1S/C10H7NO3/c11-10(13)7-2-1-6-3-4-9(12)14-8(6)5-7/h1-5H,(H2,11,13). The molecule has 0 radical (unpaired) electrons. The van der Waals surface area contributed by atoms with Crippen LogP contribution in [-0.4, -0.2) is 5.91 Å². The molecule has 0 aliphatic rings. The van der Waals surface area contributed by atoms with E-state index in [1.54, 1.807) is 18.2 Å². The Balaban J connectivity index is 2.75. The van der Waals surface area contributed by atoms with E-state index in [1.165, 1.54) is 12.1 Å². The molecule has 0 atom stereocenters. The van der Waals surface area contributed by atoms with E-state index < -0.39 is 11.5 Å². The van der Waals surface area contributed by atoms with E-state index in [1.807, 2.05) is 0 Å². The second kappa shape index (κ2) is 2.99. The fraction of sp³-hybridized carbons (Fsp3) is 0. The molecule has 0 saturated carbocycles. The molecular formula is C10H7NO3. The van der Waals surface area contributed by atoms with Crippen LogP contribution >= 0.6 is 0 Å². The molecule has 1 aromatic heterocycles. The minimum Gasteiger partial charge on any atom is -0.423 e. The molecule has 0 unspecified atom stereocenters. The quantitative estimate of drug-likeness (QED) is 0.677. The predicted octanol–water partition coefficient (Wildman–Crippen LogP) is 0.892. The zero-order valence-corrected chi connectivity index (χ0v) is 7.19. The lowest BCUT2D eigenvalue weighted by Crippen LogP contribution is -2.10. The number of benzene rings is 1. The molecule has 0 saturated heterocycles. The number of primary amides is 1. The molecule has 0 aliphatic carbocycles. The summed E-state index contributed by atoms with van der Waals surface area (Å²) in [7, 11) is 0. The van der Waals surface area contributed by atoms with Crippen LogP contribution in [0.1, 0.15) is 10.4 Å². The van der Waals surface area contributed by atoms with Gasteiger partial charge < -0.3 is 10.2 Å². The molecule has 0 spiro atoms. The maximum Gasteiger partial charge on any atom is 0.336 e. The number of hydrogen-bond donors (Lipinski definition) is 1. The van der Waals surface area contributed by atoms with Crippen molar-refractivity contribution in [2.75, 3.05) is 0 Å². The van der Waals surface area contributed by atoms with Crippen LogP contribution in [-0.2, 0) is 0 Å². The van der Waals surface area contributed by atoms with E-state index >= 15 is 0 Å². The number of amides is 1. The highest BCUT2D eigenvalue weighted by Gasteiger charge is 2.02. The molecule has 1 amide bonds. The van der Waals surface area contributed by atoms with Crippen LogP contribution in [0, 0.1) is 0 Å². The highest BCUT2D eigenvalue weighted by Crippen LogP contribution is 2.13. The van der Waals surface area contributed by atoms with Crippen LogP contribution in [0.2, 0.25) is 0 Å². The van der Waals surface area contributed by atoms with Gasteiger partial charge in [0.05, 0.1) is 0 Å². The van der Waals surface area contributed by atoms with Crippen molar-refractivity contribution in [1.29, 1.82) is 0 Å². The molecule has 4 nitrogen and oxygen atoms in total. The molecule has 14 heavy (non-hydrogen) atoms. The SMILES string of the molecule is NC(=O)c1ccc2ccc(=O)oc2c1. The summed E-state index contributed by atoms with van der Waals surface area (Å²) >= 11 is 0. The second-order valence-corrected chi connectivity index (χ2v) is 2.87. The smallest absolute Gasteiger partial charge is 0.336 e. The third-order valence-corrected chi connectivity index (χ3v) is 1.91. The van der Waals surface area contributed by atoms with Gasteiger partial charge in [-0.15, -0.1) is 0 Å². The Morgan fingerprint density at radius 1 is 1.21 bits per heavy atom. The summed E-state index contributed by atoms with van der Waals surface area (Å²) in [5.74, 6) is -0.543. The van der Waals surface area contributed by atoms with Gasteiger partial charge in [0.2, 0.25) is 5.91 Å². The Labute approximate surface area is 78.9 Å². The van der Waals surface area contributed by atoms with Gasteiger partial charge in [0.15, 0.2) is 0 Å². The van der Waals surface area contributed by atoms with Crippen LogP contribution in [0.15, 0.2) is 39.5 Å². The molecule has 1 heterocycles. The Morgan fingerprint density at radius 2 is 1.93 bits per heavy atom. The third kappa shape index (κ3) is 1.37. The summed E-state index contributed by atoms with van der Waals surface area (Å²) in [6.45, 7) is 0. The van der Waals surface area contributed by atoms with Crippen molar-refractivity contribution in [3.05, 3.63) is 46.3 Å². The maximum absolute atomic E-state index is 10.9. The van der Waals surface area contributed by atoms with Gasteiger partial charge in [0, 0.05) is 17.0 Å². The Hall–Kier alpha value is -2.10. The fourth-order valence-corrected chi connectivity index (χ4v) is 1.21. The average Bonchev–Trinajstić information content (AvgIpc) is 2.16. The highest BCUT2D eigenvalue weighted by molar-refractivity contribution is 5.96. The van der Waals surface area contributed by atoms with Crippen LogP contribution in [0.4, 0.5) is 0 Å². The van der Waals surface area contributed by atoms with Crippen LogP contribution in [0.5, 0.6) is 0 Å². The topological polar surface area (TPSA) is 73.3 Å². The molecule has 1 aromatic carbocycles. The van der Waals surface area contributed by atoms with E-state index in [4.69, 9.17) is 10.2 Å². The average molecular weight is 189 g/mol. The summed E-state index contributed by atoms with van der Waals surface area (Å²) in [6, 6.07) is 7.68. The number of fused-ring (bicyclic) bond motifs is 1. The first-order chi connectivity index (χ1) is 6.66. The van der Waals surface area contributed by atoms with Crippen LogP contribution in [0.25, 0.3) is 11.0 Å². The van der Waals surface area contributed by atoms with Gasteiger partial charge in [-0.1, -0.05) is 6.07 Å². The predicted molar refractivity (Wildman–Crippen MR) is 51.0 cm³/mol. The number of carbonyl (C=O) groups is 1. The first-order valence-electron chi connectivity index (χ1n) is 4.00. The summed E-state index contributed by atoms with van der Waals surface area (Å²) in [5.41, 5.74) is 5.33. The van der Waals surface area contributed by atoms with Gasteiger partial charge in [-0.3, -0.25) is 4.79 Å². The minimum absolute atomic E-state index is 0.326. The van der Waals surface area contributed by atoms with E-state index in [9.17, 15) is 9.59 Å². The zero-order valence-electron chi connectivity index (χ0n) is 7.19. The summed E-state index contributed by atoms with van der Waals surface area (Å²) in [6.07, 6.45) is 0. The molecule has 0 fully saturated rings. The minimum atomic E-state index is -0.543. The summed E-state index contributed by atoms with van der Waals surface area (Å²) in [4.78, 5) is 21.7. The molecule has 2 N–H and O–H groups in total. The molecule has 0 aliphatic heterocycles. The van der Waals surface area contributed by atoms with Crippen LogP contribution in [0.3, 0.4) is 0 Å². The van der Waals surface area contributed by atoms with E-state index in [0.717, 1.165) is 5.39 Å². The van der Waals surface area contributed by atoms with Crippen molar-refractivity contribution in [2.45, 2.75) is 0 Å². The van der Waals surface area contributed by atoms with Crippen molar-refractivity contribution in [1.82, 2.24) is 0 Å². The zero-order chi connectivity index (χ0) is 10.1. The number of rotatable bonds is 1. The molecule has 0 bridgehead atoms. The molecular weight excluding hydrogens is 182 g/mol. The summed E-state index contributed by atoms with van der Waals surface area (Å²) < 4.78 is 4.89. The molecule has 70 valence electrons. The van der Waals surface area contributed by atoms with Gasteiger partial charge in [0.1, 0.15) is 5.58 Å². The van der Waals surface area contributed by atoms with Gasteiger partial charge in [-0.05, 0) is 18.2 Å². The Kier molecular flexibility index (Phi) is 1.81. The second-order valence-electron chi connectivity index (χ2n) is 2.87. The first-order valence-corrected chi connectivity index (χ1v) is 4.00. The van der Waals surface area contributed by atoms with Gasteiger partial charge in [-0.2, -0.15) is 0 Å². The van der Waals surface area contributed by atoms with Gasteiger partial charge in [0.25, 0.3) is 0 Å². The fourth-order valence-electron chi connectivity index (χ4n) is 1.21. The normalized spacial score (nSPS) is 10.3. The highest BCUT2D eigenvalue weighted by atomic mass is 16.4. The third-order valence-electron chi connectivity index (χ3n) is 1.91. The van der Waals surface area contributed by atoms with Crippen molar-refractivity contribution in [3.63, 3.8) is 0 Å². The monoisotopic (exact) mass is 189 g/mol. The van der Waals surface area contributed by atoms with E-state index in [0.29, 0.717) is 11.1 Å². The van der Waals surface area contributed by atoms with Crippen molar-refractivity contribution >= 4 is 16.9 Å². The lowest BCUT2D eigenvalue weighted by molar-refractivity contribution is 0.100. The number of nitrogens with two attached hydrogens (primary N) is 1. The van der Waals surface area contributed by atoms with Crippen LogP contribution < -0.4 is 11.4 Å². The Bertz CT molecular complexity index is 557.